The minimum absolute atomic E-state index is 0.802. The second kappa shape index (κ2) is 10.2. The number of pyridine rings is 1. The van der Waals surface area contributed by atoms with Crippen LogP contribution in [0, 0.1) is 6.92 Å². The number of anilines is 2. The lowest BCUT2D eigenvalue weighted by Crippen LogP contribution is -2.46. The molecule has 0 unspecified atom stereocenters. The number of aromatic nitrogens is 1. The van der Waals surface area contributed by atoms with Crippen molar-refractivity contribution in [1.29, 1.82) is 0 Å². The van der Waals surface area contributed by atoms with Crippen LogP contribution in [-0.4, -0.2) is 65.7 Å². The summed E-state index contributed by atoms with van der Waals surface area (Å²) in [6.07, 6.45) is 2.33. The lowest BCUT2D eigenvalue weighted by molar-refractivity contribution is 0.270. The molecule has 0 spiro atoms. The lowest BCUT2D eigenvalue weighted by atomic mass is 10.1. The largest absolute Gasteiger partial charge is 0.354 e. The highest BCUT2D eigenvalue weighted by Gasteiger charge is 2.18. The molecule has 0 saturated carbocycles. The third-order valence-corrected chi connectivity index (χ3v) is 6.21. The Morgan fingerprint density at radius 3 is 2.55 bits per heavy atom. The molecule has 2 heterocycles. The van der Waals surface area contributed by atoms with E-state index in [1.807, 2.05) is 0 Å². The number of hydrogen-bond donors (Lipinski definition) is 1. The summed E-state index contributed by atoms with van der Waals surface area (Å²) in [4.78, 5) is 12.1. The number of benzene rings is 1. The van der Waals surface area contributed by atoms with Gasteiger partial charge in [0.05, 0.1) is 5.52 Å². The van der Waals surface area contributed by atoms with Gasteiger partial charge in [-0.15, -0.1) is 0 Å². The van der Waals surface area contributed by atoms with Gasteiger partial charge < -0.3 is 20.0 Å². The highest BCUT2D eigenvalue weighted by atomic mass is 32.1. The summed E-state index contributed by atoms with van der Waals surface area (Å²) in [7, 11) is 0. The Kier molecular flexibility index (Phi) is 7.67. The van der Waals surface area contributed by atoms with Gasteiger partial charge in [-0.05, 0) is 68.9 Å². The van der Waals surface area contributed by atoms with Crippen LogP contribution in [0.15, 0.2) is 24.3 Å². The molecule has 0 radical (unpaired) electrons. The van der Waals surface area contributed by atoms with E-state index in [4.69, 9.17) is 17.2 Å². The first-order chi connectivity index (χ1) is 14.0. The maximum absolute atomic E-state index is 5.64. The molecule has 158 valence electrons. The van der Waals surface area contributed by atoms with E-state index < -0.39 is 0 Å². The SMILES string of the molecule is CCCCN(CC)C(=S)Nc1ccc2nc(N3CCN(CC)CC3)cc(C)c2c1. The first-order valence-corrected chi connectivity index (χ1v) is 11.4. The average molecular weight is 414 g/mol. The van der Waals surface area contributed by atoms with Crippen LogP contribution in [0.3, 0.4) is 0 Å². The van der Waals surface area contributed by atoms with Gasteiger partial charge in [-0.1, -0.05) is 20.3 Å². The molecule has 2 aromatic rings. The van der Waals surface area contributed by atoms with Gasteiger partial charge in [0.2, 0.25) is 0 Å². The lowest BCUT2D eigenvalue weighted by Gasteiger charge is -2.35. The summed E-state index contributed by atoms with van der Waals surface area (Å²) in [6.45, 7) is 16.1. The normalized spacial score (nSPS) is 15.0. The van der Waals surface area contributed by atoms with Crippen LogP contribution in [0.1, 0.15) is 39.2 Å². The van der Waals surface area contributed by atoms with Crippen LogP contribution in [0.25, 0.3) is 10.9 Å². The Bertz CT molecular complexity index is 829. The molecule has 0 aliphatic carbocycles. The summed E-state index contributed by atoms with van der Waals surface area (Å²) < 4.78 is 0. The van der Waals surface area contributed by atoms with Crippen molar-refractivity contribution in [2.24, 2.45) is 0 Å². The number of nitrogens with zero attached hydrogens (tertiary/aromatic N) is 4. The fraction of sp³-hybridized carbons (Fsp3) is 0.565. The second-order valence-electron chi connectivity index (χ2n) is 7.81. The topological polar surface area (TPSA) is 34.6 Å². The molecule has 1 aliphatic rings. The van der Waals surface area contributed by atoms with Crippen LogP contribution >= 0.6 is 12.2 Å². The van der Waals surface area contributed by atoms with Crippen LogP contribution in [0.2, 0.25) is 0 Å². The Labute approximate surface area is 181 Å². The molecule has 1 aromatic heterocycles. The molecular formula is C23H35N5S. The number of unbranched alkanes of at least 4 members (excludes halogenated alkanes) is 1. The van der Waals surface area contributed by atoms with Gasteiger partial charge in [-0.3, -0.25) is 0 Å². The minimum atomic E-state index is 0.802. The van der Waals surface area contributed by atoms with Crippen molar-refractivity contribution >= 4 is 39.7 Å². The number of nitrogens with one attached hydrogen (secondary N) is 1. The molecule has 5 nitrogen and oxygen atoms in total. The fourth-order valence-electron chi connectivity index (χ4n) is 3.86. The Hall–Kier alpha value is -1.92. The van der Waals surface area contributed by atoms with Gasteiger partial charge in [0, 0.05) is 50.3 Å². The third kappa shape index (κ3) is 5.37. The van der Waals surface area contributed by atoms with Gasteiger partial charge in [-0.25, -0.2) is 4.98 Å². The van der Waals surface area contributed by atoms with E-state index in [9.17, 15) is 0 Å². The van der Waals surface area contributed by atoms with Crippen molar-refractivity contribution in [3.05, 3.63) is 29.8 Å². The molecule has 1 aliphatic heterocycles. The highest BCUT2D eigenvalue weighted by Crippen LogP contribution is 2.26. The molecule has 1 fully saturated rings. The maximum Gasteiger partial charge on any atom is 0.173 e. The van der Waals surface area contributed by atoms with Crippen molar-refractivity contribution in [1.82, 2.24) is 14.8 Å². The second-order valence-corrected chi connectivity index (χ2v) is 8.20. The van der Waals surface area contributed by atoms with Crippen molar-refractivity contribution in [2.45, 2.75) is 40.5 Å². The number of thiocarbonyl (C=S) groups is 1. The molecule has 1 saturated heterocycles. The molecule has 0 atom stereocenters. The van der Waals surface area contributed by atoms with E-state index >= 15 is 0 Å². The number of hydrogen-bond acceptors (Lipinski definition) is 4. The summed E-state index contributed by atoms with van der Waals surface area (Å²) in [5, 5.41) is 5.41. The Balaban J connectivity index is 1.75. The monoisotopic (exact) mass is 413 g/mol. The fourth-order valence-corrected chi connectivity index (χ4v) is 4.20. The first kappa shape index (κ1) is 21.8. The van der Waals surface area contributed by atoms with E-state index in [2.05, 4.69) is 72.0 Å². The molecule has 3 rings (SSSR count). The zero-order chi connectivity index (χ0) is 20.8. The standard InChI is InChI=1S/C23H35N5S/c1-5-8-11-27(7-3)23(29)24-19-9-10-21-20(17-19)18(4)16-22(25-21)28-14-12-26(6-2)13-15-28/h9-10,16-17H,5-8,11-15H2,1-4H3,(H,24,29). The van der Waals surface area contributed by atoms with Crippen LogP contribution in [0.5, 0.6) is 0 Å². The number of piperazine rings is 1. The quantitative estimate of drug-likeness (QED) is 0.673. The van der Waals surface area contributed by atoms with E-state index in [1.165, 1.54) is 17.4 Å². The number of aryl methyl sites for hydroxylation is 1. The van der Waals surface area contributed by atoms with E-state index in [0.717, 1.165) is 74.4 Å². The first-order valence-electron chi connectivity index (χ1n) is 11.0. The number of likely N-dealkylation sites (N-methyl/N-ethyl adjacent to an activating group) is 1. The van der Waals surface area contributed by atoms with Gasteiger partial charge in [0.1, 0.15) is 5.82 Å². The molecule has 1 N–H and O–H groups in total. The van der Waals surface area contributed by atoms with E-state index in [-0.39, 0.29) is 0 Å². The summed E-state index contributed by atoms with van der Waals surface area (Å²) in [5.74, 6) is 1.10. The zero-order valence-corrected chi connectivity index (χ0v) is 19.2. The van der Waals surface area contributed by atoms with Crippen molar-refractivity contribution < 1.29 is 0 Å². The molecule has 29 heavy (non-hydrogen) atoms. The van der Waals surface area contributed by atoms with E-state index in [1.54, 1.807) is 0 Å². The zero-order valence-electron chi connectivity index (χ0n) is 18.4. The van der Waals surface area contributed by atoms with Crippen molar-refractivity contribution in [3.63, 3.8) is 0 Å². The Morgan fingerprint density at radius 1 is 1.14 bits per heavy atom. The summed E-state index contributed by atoms with van der Waals surface area (Å²) in [6, 6.07) is 8.61. The summed E-state index contributed by atoms with van der Waals surface area (Å²) >= 11 is 5.64. The predicted molar refractivity (Wildman–Crippen MR) is 129 cm³/mol. The van der Waals surface area contributed by atoms with Crippen LogP contribution in [0.4, 0.5) is 11.5 Å². The van der Waals surface area contributed by atoms with Gasteiger partial charge in [-0.2, -0.15) is 0 Å². The molecular weight excluding hydrogens is 378 g/mol. The van der Waals surface area contributed by atoms with Crippen molar-refractivity contribution in [3.8, 4) is 0 Å². The molecule has 6 heteroatoms. The molecule has 1 aromatic carbocycles. The van der Waals surface area contributed by atoms with Crippen molar-refractivity contribution in [2.75, 3.05) is 56.0 Å². The van der Waals surface area contributed by atoms with Gasteiger partial charge >= 0.3 is 0 Å². The number of rotatable bonds is 7. The third-order valence-electron chi connectivity index (χ3n) is 5.85. The predicted octanol–water partition coefficient (Wildman–Crippen LogP) is 4.50. The van der Waals surface area contributed by atoms with Crippen LogP contribution < -0.4 is 10.2 Å². The Morgan fingerprint density at radius 2 is 1.90 bits per heavy atom. The summed E-state index contributed by atoms with van der Waals surface area (Å²) in [5.41, 5.74) is 3.34. The highest BCUT2D eigenvalue weighted by molar-refractivity contribution is 7.80. The van der Waals surface area contributed by atoms with E-state index in [0.29, 0.717) is 0 Å². The maximum atomic E-state index is 5.64. The average Bonchev–Trinajstić information content (AvgIpc) is 2.74. The number of fused-ring (bicyclic) bond motifs is 1. The van der Waals surface area contributed by atoms with Gasteiger partial charge in [0.25, 0.3) is 0 Å². The molecule has 0 amide bonds. The minimum Gasteiger partial charge on any atom is -0.354 e. The van der Waals surface area contributed by atoms with Crippen LogP contribution in [-0.2, 0) is 0 Å². The van der Waals surface area contributed by atoms with Gasteiger partial charge in [0.15, 0.2) is 5.11 Å². The molecule has 0 bridgehead atoms. The smallest absolute Gasteiger partial charge is 0.173 e.